The molecule has 1 unspecified atom stereocenters. The minimum absolute atomic E-state index is 0.110. The van der Waals surface area contributed by atoms with Crippen LogP contribution in [0.25, 0.3) is 0 Å². The molecule has 0 saturated heterocycles. The van der Waals surface area contributed by atoms with Crippen LogP contribution in [0.15, 0.2) is 36.4 Å². The fraction of sp³-hybridized carbons (Fsp3) is 0.294. The quantitative estimate of drug-likeness (QED) is 0.886. The zero-order valence-electron chi connectivity index (χ0n) is 12.0. The number of hydrogen-bond acceptors (Lipinski definition) is 1. The van der Waals surface area contributed by atoms with Crippen molar-refractivity contribution in [1.29, 1.82) is 0 Å². The summed E-state index contributed by atoms with van der Waals surface area (Å²) in [4.78, 5) is 0. The summed E-state index contributed by atoms with van der Waals surface area (Å²) in [5.41, 5.74) is 3.56. The minimum atomic E-state index is -0.492. The fourth-order valence-electron chi connectivity index (χ4n) is 2.30. The number of hydrogen-bond donors (Lipinski definition) is 1. The first kappa shape index (κ1) is 14.7. The van der Waals surface area contributed by atoms with E-state index < -0.39 is 11.6 Å². The molecule has 0 amide bonds. The highest BCUT2D eigenvalue weighted by Crippen LogP contribution is 2.23. The first-order chi connectivity index (χ1) is 9.52. The molecule has 2 aromatic carbocycles. The second kappa shape index (κ2) is 6.14. The highest BCUT2D eigenvalue weighted by Gasteiger charge is 2.16. The Bertz CT molecular complexity index is 588. The Morgan fingerprint density at radius 2 is 1.65 bits per heavy atom. The van der Waals surface area contributed by atoms with Gasteiger partial charge in [-0.3, -0.25) is 0 Å². The van der Waals surface area contributed by atoms with Crippen molar-refractivity contribution in [2.24, 2.45) is 0 Å². The Hall–Kier alpha value is -1.74. The van der Waals surface area contributed by atoms with Crippen LogP contribution in [0.2, 0.25) is 0 Å². The van der Waals surface area contributed by atoms with E-state index in [1.807, 2.05) is 26.0 Å². The van der Waals surface area contributed by atoms with Gasteiger partial charge in [-0.15, -0.1) is 0 Å². The van der Waals surface area contributed by atoms with Crippen LogP contribution in [-0.4, -0.2) is 7.05 Å². The molecule has 1 atom stereocenters. The van der Waals surface area contributed by atoms with Crippen molar-refractivity contribution < 1.29 is 8.78 Å². The van der Waals surface area contributed by atoms with Crippen molar-refractivity contribution in [3.63, 3.8) is 0 Å². The molecule has 0 aliphatic rings. The molecule has 2 aromatic rings. The molecule has 106 valence electrons. The van der Waals surface area contributed by atoms with Crippen molar-refractivity contribution in [3.8, 4) is 0 Å². The summed E-state index contributed by atoms with van der Waals surface area (Å²) in [6, 6.07) is 9.97. The average Bonchev–Trinajstić information content (AvgIpc) is 2.42. The number of benzene rings is 2. The molecule has 20 heavy (non-hydrogen) atoms. The van der Waals surface area contributed by atoms with Crippen molar-refractivity contribution in [2.75, 3.05) is 7.05 Å². The van der Waals surface area contributed by atoms with Gasteiger partial charge >= 0.3 is 0 Å². The lowest BCUT2D eigenvalue weighted by Gasteiger charge is -2.18. The third-order valence-corrected chi connectivity index (χ3v) is 3.75. The van der Waals surface area contributed by atoms with Gasteiger partial charge in [0, 0.05) is 11.6 Å². The lowest BCUT2D eigenvalue weighted by molar-refractivity contribution is 0.515. The zero-order valence-corrected chi connectivity index (χ0v) is 12.0. The van der Waals surface area contributed by atoms with Crippen molar-refractivity contribution >= 4 is 0 Å². The molecule has 0 heterocycles. The van der Waals surface area contributed by atoms with E-state index in [1.54, 1.807) is 7.05 Å². The van der Waals surface area contributed by atoms with Crippen molar-refractivity contribution in [3.05, 3.63) is 70.3 Å². The van der Waals surface area contributed by atoms with Crippen LogP contribution in [0.4, 0.5) is 8.78 Å². The summed E-state index contributed by atoms with van der Waals surface area (Å²) in [6.07, 6.45) is 0.289. The molecule has 2 rings (SSSR count). The standard InChI is InChI=1S/C17H19F2N/c1-11-7-8-13(9-12(11)2)17(20-3)10-14-15(18)5-4-6-16(14)19/h4-9,17,20H,10H2,1-3H3. The zero-order chi connectivity index (χ0) is 14.7. The lowest BCUT2D eigenvalue weighted by Crippen LogP contribution is -2.20. The van der Waals surface area contributed by atoms with Gasteiger partial charge < -0.3 is 5.32 Å². The molecule has 0 bridgehead atoms. The second-order valence-corrected chi connectivity index (χ2v) is 5.09. The largest absolute Gasteiger partial charge is 0.313 e. The van der Waals surface area contributed by atoms with Crippen LogP contribution in [0.1, 0.15) is 28.3 Å². The molecule has 0 spiro atoms. The van der Waals surface area contributed by atoms with Crippen molar-refractivity contribution in [1.82, 2.24) is 5.32 Å². The van der Waals surface area contributed by atoms with E-state index >= 15 is 0 Å². The maximum absolute atomic E-state index is 13.7. The highest BCUT2D eigenvalue weighted by atomic mass is 19.1. The topological polar surface area (TPSA) is 12.0 Å². The van der Waals surface area contributed by atoms with Crippen LogP contribution in [0.3, 0.4) is 0 Å². The SMILES string of the molecule is CNC(Cc1c(F)cccc1F)c1ccc(C)c(C)c1. The lowest BCUT2D eigenvalue weighted by atomic mass is 9.95. The third-order valence-electron chi connectivity index (χ3n) is 3.75. The molecule has 0 saturated carbocycles. The number of rotatable bonds is 4. The first-order valence-electron chi connectivity index (χ1n) is 6.70. The average molecular weight is 275 g/mol. The normalized spacial score (nSPS) is 12.4. The second-order valence-electron chi connectivity index (χ2n) is 5.09. The molecule has 3 heteroatoms. The number of aryl methyl sites for hydroxylation is 2. The van der Waals surface area contributed by atoms with Gasteiger partial charge in [0.05, 0.1) is 0 Å². The Kier molecular flexibility index (Phi) is 4.50. The molecule has 1 N–H and O–H groups in total. The van der Waals surface area contributed by atoms with Gasteiger partial charge in [-0.25, -0.2) is 8.78 Å². The molecule has 0 aromatic heterocycles. The summed E-state index contributed by atoms with van der Waals surface area (Å²) >= 11 is 0. The van der Waals surface area contributed by atoms with Crippen LogP contribution < -0.4 is 5.32 Å². The number of halogens is 2. The maximum atomic E-state index is 13.7. The summed E-state index contributed by atoms with van der Waals surface area (Å²) in [5.74, 6) is -0.983. The third kappa shape index (κ3) is 3.05. The monoisotopic (exact) mass is 275 g/mol. The van der Waals surface area contributed by atoms with E-state index in [4.69, 9.17) is 0 Å². The summed E-state index contributed by atoms with van der Waals surface area (Å²) in [5, 5.41) is 3.13. The van der Waals surface area contributed by atoms with Crippen LogP contribution >= 0.6 is 0 Å². The first-order valence-corrected chi connectivity index (χ1v) is 6.70. The maximum Gasteiger partial charge on any atom is 0.129 e. The Morgan fingerprint density at radius 1 is 1.00 bits per heavy atom. The van der Waals surface area contributed by atoms with Gasteiger partial charge in [-0.2, -0.15) is 0 Å². The van der Waals surface area contributed by atoms with Crippen molar-refractivity contribution in [2.45, 2.75) is 26.3 Å². The Balaban J connectivity index is 2.31. The predicted octanol–water partition coefficient (Wildman–Crippen LogP) is 4.08. The van der Waals surface area contributed by atoms with E-state index in [2.05, 4.69) is 11.4 Å². The van der Waals surface area contributed by atoms with Gasteiger partial charge in [0.25, 0.3) is 0 Å². The predicted molar refractivity (Wildman–Crippen MR) is 77.8 cm³/mol. The van der Waals surface area contributed by atoms with E-state index in [9.17, 15) is 8.78 Å². The van der Waals surface area contributed by atoms with Gasteiger partial charge in [-0.05, 0) is 56.1 Å². The van der Waals surface area contributed by atoms with Crippen LogP contribution in [0.5, 0.6) is 0 Å². The van der Waals surface area contributed by atoms with Gasteiger partial charge in [-0.1, -0.05) is 24.3 Å². The summed E-state index contributed by atoms with van der Waals surface area (Å²) in [7, 11) is 1.80. The molecule has 0 aliphatic carbocycles. The van der Waals surface area contributed by atoms with E-state index in [1.165, 1.54) is 29.3 Å². The van der Waals surface area contributed by atoms with Gasteiger partial charge in [0.2, 0.25) is 0 Å². The highest BCUT2D eigenvalue weighted by molar-refractivity contribution is 5.33. The van der Waals surface area contributed by atoms with E-state index in [-0.39, 0.29) is 18.0 Å². The molecular weight excluding hydrogens is 256 g/mol. The smallest absolute Gasteiger partial charge is 0.129 e. The summed E-state index contributed by atoms with van der Waals surface area (Å²) in [6.45, 7) is 4.08. The molecule has 0 fully saturated rings. The fourth-order valence-corrected chi connectivity index (χ4v) is 2.30. The number of likely N-dealkylation sites (N-methyl/N-ethyl adjacent to an activating group) is 1. The van der Waals surface area contributed by atoms with E-state index in [0.29, 0.717) is 0 Å². The van der Waals surface area contributed by atoms with Crippen LogP contribution in [0, 0.1) is 25.5 Å². The minimum Gasteiger partial charge on any atom is -0.313 e. The van der Waals surface area contributed by atoms with Crippen LogP contribution in [-0.2, 0) is 6.42 Å². The summed E-state index contributed by atoms with van der Waals surface area (Å²) < 4.78 is 27.5. The van der Waals surface area contributed by atoms with E-state index in [0.717, 1.165) is 5.56 Å². The molecular formula is C17H19F2N. The van der Waals surface area contributed by atoms with Gasteiger partial charge in [0.1, 0.15) is 11.6 Å². The van der Waals surface area contributed by atoms with Gasteiger partial charge in [0.15, 0.2) is 0 Å². The molecule has 0 aliphatic heterocycles. The Morgan fingerprint density at radius 3 is 2.20 bits per heavy atom. The molecule has 0 radical (unpaired) electrons. The number of nitrogens with one attached hydrogen (secondary N) is 1. The molecule has 1 nitrogen and oxygen atoms in total. The Labute approximate surface area is 118 Å².